The number of carbonyl (C=O) groups excluding carboxylic acids is 1. The molecular weight excluding hydrogens is 369 g/mol. The molecule has 5 nitrogen and oxygen atoms in total. The van der Waals surface area contributed by atoms with Crippen molar-refractivity contribution in [1.29, 1.82) is 0 Å². The number of aromatic hydroxyl groups is 1. The highest BCUT2D eigenvalue weighted by molar-refractivity contribution is 5.96. The first-order valence-corrected chi connectivity index (χ1v) is 10.4. The van der Waals surface area contributed by atoms with Crippen LogP contribution in [-0.4, -0.2) is 66.1 Å². The lowest BCUT2D eigenvalue weighted by molar-refractivity contribution is 0.0562. The Morgan fingerprint density at radius 2 is 1.79 bits per heavy atom. The Kier molecular flexibility index (Phi) is 5.72. The van der Waals surface area contributed by atoms with Crippen molar-refractivity contribution in [3.05, 3.63) is 59.4 Å². The minimum absolute atomic E-state index is 0.00640. The van der Waals surface area contributed by atoms with Crippen LogP contribution in [0.3, 0.4) is 0 Å². The van der Waals surface area contributed by atoms with Crippen LogP contribution in [-0.2, 0) is 0 Å². The van der Waals surface area contributed by atoms with E-state index in [1.54, 1.807) is 31.2 Å². The Labute approximate surface area is 171 Å². The predicted molar refractivity (Wildman–Crippen MR) is 112 cm³/mol. The van der Waals surface area contributed by atoms with Gasteiger partial charge in [-0.15, -0.1) is 0 Å². The number of piperidine rings is 1. The van der Waals surface area contributed by atoms with Crippen LogP contribution in [0.15, 0.2) is 42.5 Å². The second-order valence-electron chi connectivity index (χ2n) is 7.97. The minimum Gasteiger partial charge on any atom is -0.508 e. The summed E-state index contributed by atoms with van der Waals surface area (Å²) in [5, 5.41) is 9.93. The molecule has 0 bridgehead atoms. The number of hydrogen-bond donors (Lipinski definition) is 1. The molecule has 0 unspecified atom stereocenters. The highest BCUT2D eigenvalue weighted by Crippen LogP contribution is 2.25. The number of amides is 1. The fourth-order valence-corrected chi connectivity index (χ4v) is 4.50. The number of nitrogens with zero attached hydrogens (tertiary/aromatic N) is 3. The third-order valence-electron chi connectivity index (χ3n) is 6.24. The van der Waals surface area contributed by atoms with Crippen molar-refractivity contribution in [2.75, 3.05) is 44.2 Å². The molecular formula is C23H28FN3O2. The molecule has 1 amide bonds. The summed E-state index contributed by atoms with van der Waals surface area (Å²) in [7, 11) is 0. The van der Waals surface area contributed by atoms with E-state index in [0.29, 0.717) is 29.4 Å². The van der Waals surface area contributed by atoms with Crippen LogP contribution in [0.25, 0.3) is 0 Å². The van der Waals surface area contributed by atoms with E-state index in [1.807, 2.05) is 17.0 Å². The van der Waals surface area contributed by atoms with Crippen LogP contribution in [0.2, 0.25) is 0 Å². The van der Waals surface area contributed by atoms with Crippen molar-refractivity contribution < 1.29 is 14.3 Å². The van der Waals surface area contributed by atoms with Crippen LogP contribution >= 0.6 is 0 Å². The molecule has 2 aliphatic heterocycles. The molecule has 0 spiro atoms. The summed E-state index contributed by atoms with van der Waals surface area (Å²) in [5.41, 5.74) is 1.89. The number of hydrogen-bond acceptors (Lipinski definition) is 4. The normalized spacial score (nSPS) is 20.7. The fourth-order valence-electron chi connectivity index (χ4n) is 4.50. The topological polar surface area (TPSA) is 47.0 Å². The maximum Gasteiger partial charge on any atom is 0.254 e. The molecule has 2 aliphatic rings. The number of piperazine rings is 1. The Bertz CT molecular complexity index is 880. The average Bonchev–Trinajstić information content (AvgIpc) is 2.76. The van der Waals surface area contributed by atoms with Gasteiger partial charge in [0.2, 0.25) is 0 Å². The number of rotatable bonds is 3. The molecule has 29 heavy (non-hydrogen) atoms. The second-order valence-corrected chi connectivity index (χ2v) is 7.97. The summed E-state index contributed by atoms with van der Waals surface area (Å²) in [6.45, 7) is 6.55. The fraction of sp³-hybridized carbons (Fsp3) is 0.435. The smallest absolute Gasteiger partial charge is 0.254 e. The number of likely N-dealkylation sites (tertiary alicyclic amines) is 1. The molecule has 6 heteroatoms. The Hall–Kier alpha value is -2.60. The lowest BCUT2D eigenvalue weighted by atomic mass is 10.0. The van der Waals surface area contributed by atoms with Crippen molar-refractivity contribution in [2.24, 2.45) is 0 Å². The molecule has 2 aromatic carbocycles. The number of phenols is 1. The molecule has 0 aliphatic carbocycles. The Morgan fingerprint density at radius 1 is 1.03 bits per heavy atom. The van der Waals surface area contributed by atoms with E-state index in [0.717, 1.165) is 45.6 Å². The zero-order valence-corrected chi connectivity index (χ0v) is 16.9. The van der Waals surface area contributed by atoms with Gasteiger partial charge in [0, 0.05) is 56.4 Å². The van der Waals surface area contributed by atoms with Gasteiger partial charge in [0.1, 0.15) is 11.6 Å². The Morgan fingerprint density at radius 3 is 2.55 bits per heavy atom. The van der Waals surface area contributed by atoms with Crippen LogP contribution < -0.4 is 4.90 Å². The van der Waals surface area contributed by atoms with E-state index in [-0.39, 0.29) is 17.5 Å². The number of phenolic OH excluding ortho intramolecular Hbond substituents is 1. The van der Waals surface area contributed by atoms with E-state index >= 15 is 0 Å². The zero-order chi connectivity index (χ0) is 20.4. The largest absolute Gasteiger partial charge is 0.508 e. The summed E-state index contributed by atoms with van der Waals surface area (Å²) in [6.07, 6.45) is 2.05. The first kappa shape index (κ1) is 19.7. The molecule has 0 saturated carbocycles. The van der Waals surface area contributed by atoms with Crippen LogP contribution in [0.1, 0.15) is 28.8 Å². The summed E-state index contributed by atoms with van der Waals surface area (Å²) in [4.78, 5) is 19.5. The van der Waals surface area contributed by atoms with Crippen molar-refractivity contribution in [2.45, 2.75) is 25.8 Å². The highest BCUT2D eigenvalue weighted by Gasteiger charge is 2.31. The third-order valence-corrected chi connectivity index (χ3v) is 6.24. The molecule has 0 aromatic heterocycles. The molecule has 0 radical (unpaired) electrons. The van der Waals surface area contributed by atoms with Crippen LogP contribution in [0.5, 0.6) is 5.75 Å². The number of halogens is 1. The number of benzene rings is 2. The molecule has 4 rings (SSSR count). The first-order chi connectivity index (χ1) is 14.0. The van der Waals surface area contributed by atoms with E-state index in [9.17, 15) is 14.3 Å². The van der Waals surface area contributed by atoms with Crippen molar-refractivity contribution >= 4 is 11.6 Å². The van der Waals surface area contributed by atoms with Gasteiger partial charge in [-0.3, -0.25) is 9.69 Å². The summed E-state index contributed by atoms with van der Waals surface area (Å²) < 4.78 is 14.1. The van der Waals surface area contributed by atoms with Crippen LogP contribution in [0, 0.1) is 12.7 Å². The summed E-state index contributed by atoms with van der Waals surface area (Å²) in [6, 6.07) is 12.4. The van der Waals surface area contributed by atoms with E-state index in [4.69, 9.17) is 0 Å². The first-order valence-electron chi connectivity index (χ1n) is 10.4. The van der Waals surface area contributed by atoms with E-state index in [2.05, 4.69) is 9.80 Å². The maximum atomic E-state index is 14.1. The van der Waals surface area contributed by atoms with Gasteiger partial charge in [0.05, 0.1) is 5.69 Å². The quantitative estimate of drug-likeness (QED) is 0.864. The van der Waals surface area contributed by atoms with Crippen molar-refractivity contribution in [3.8, 4) is 5.75 Å². The summed E-state index contributed by atoms with van der Waals surface area (Å²) >= 11 is 0. The maximum absolute atomic E-state index is 14.1. The van der Waals surface area contributed by atoms with Gasteiger partial charge >= 0.3 is 0 Å². The van der Waals surface area contributed by atoms with Crippen molar-refractivity contribution in [3.63, 3.8) is 0 Å². The number of para-hydroxylation sites is 1. The molecule has 1 N–H and O–H groups in total. The molecule has 2 saturated heterocycles. The van der Waals surface area contributed by atoms with Gasteiger partial charge in [-0.2, -0.15) is 0 Å². The second kappa shape index (κ2) is 8.41. The standard InChI is InChI=1S/C23H28FN3O2/c1-17-19(7-4-10-22(17)28)23(29)27-11-5-6-18(16-27)25-12-14-26(15-13-25)21-9-3-2-8-20(21)24/h2-4,7-10,18,28H,5-6,11-16H2,1H3/t18-/m0/s1. The van der Waals surface area contributed by atoms with Gasteiger partial charge in [0.15, 0.2) is 0 Å². The van der Waals surface area contributed by atoms with Crippen LogP contribution in [0.4, 0.5) is 10.1 Å². The van der Waals surface area contributed by atoms with Gasteiger partial charge in [-0.25, -0.2) is 4.39 Å². The van der Waals surface area contributed by atoms with Gasteiger partial charge in [-0.05, 0) is 44.0 Å². The molecule has 1 atom stereocenters. The minimum atomic E-state index is -0.170. The number of carbonyl (C=O) groups is 1. The zero-order valence-electron chi connectivity index (χ0n) is 16.9. The molecule has 2 fully saturated rings. The lowest BCUT2D eigenvalue weighted by Crippen LogP contribution is -2.56. The van der Waals surface area contributed by atoms with E-state index < -0.39 is 0 Å². The predicted octanol–water partition coefficient (Wildman–Crippen LogP) is 3.27. The van der Waals surface area contributed by atoms with Gasteiger partial charge in [0.25, 0.3) is 5.91 Å². The highest BCUT2D eigenvalue weighted by atomic mass is 19.1. The molecule has 154 valence electrons. The van der Waals surface area contributed by atoms with E-state index in [1.165, 1.54) is 6.07 Å². The van der Waals surface area contributed by atoms with Crippen molar-refractivity contribution in [1.82, 2.24) is 9.80 Å². The number of anilines is 1. The third kappa shape index (κ3) is 4.08. The van der Waals surface area contributed by atoms with Gasteiger partial charge in [-0.1, -0.05) is 18.2 Å². The summed E-state index contributed by atoms with van der Waals surface area (Å²) in [5.74, 6) is -0.0151. The lowest BCUT2D eigenvalue weighted by Gasteiger charge is -2.44. The monoisotopic (exact) mass is 397 g/mol. The molecule has 2 aromatic rings. The molecule has 2 heterocycles. The SMILES string of the molecule is Cc1c(O)cccc1C(=O)N1CCC[C@H](N2CCN(c3ccccc3F)CC2)C1. The Balaban J connectivity index is 1.39. The average molecular weight is 397 g/mol. The van der Waals surface area contributed by atoms with Gasteiger partial charge < -0.3 is 14.9 Å².